The minimum atomic E-state index is -0.0778. The van der Waals surface area contributed by atoms with Crippen LogP contribution in [0.3, 0.4) is 0 Å². The highest BCUT2D eigenvalue weighted by Gasteiger charge is 2.26. The summed E-state index contributed by atoms with van der Waals surface area (Å²) < 4.78 is 12.1. The Bertz CT molecular complexity index is 1180. The number of H-pyrrole nitrogens is 1. The number of amides is 1. The van der Waals surface area contributed by atoms with Gasteiger partial charge in [-0.1, -0.05) is 6.07 Å². The Labute approximate surface area is 180 Å². The van der Waals surface area contributed by atoms with E-state index in [1.54, 1.807) is 21.1 Å². The first kappa shape index (κ1) is 21.0. The number of hydrogen-bond donors (Lipinski definition) is 1. The Morgan fingerprint density at radius 2 is 1.97 bits per heavy atom. The molecule has 2 aromatic heterocycles. The van der Waals surface area contributed by atoms with Crippen molar-refractivity contribution in [1.82, 2.24) is 19.5 Å². The highest BCUT2D eigenvalue weighted by atomic mass is 16.5. The summed E-state index contributed by atoms with van der Waals surface area (Å²) in [6.45, 7) is 4.98. The number of rotatable bonds is 5. The minimum Gasteiger partial charge on any atom is -0.493 e. The van der Waals surface area contributed by atoms with Crippen LogP contribution in [0.25, 0.3) is 5.65 Å². The van der Waals surface area contributed by atoms with Gasteiger partial charge in [0, 0.05) is 42.0 Å². The maximum atomic E-state index is 13.0. The predicted molar refractivity (Wildman–Crippen MR) is 117 cm³/mol. The number of ether oxygens (including phenoxy) is 2. The molecule has 1 atom stereocenters. The lowest BCUT2D eigenvalue weighted by atomic mass is 9.94. The SMILES string of the molecule is COc1ccc(CC(=O)N2CCCC(c3cc4nc(C)c(C)c(=O)n4[nH]3)C2)cc1OC. The van der Waals surface area contributed by atoms with Crippen molar-refractivity contribution in [2.45, 2.75) is 39.0 Å². The van der Waals surface area contributed by atoms with Crippen LogP contribution in [-0.4, -0.2) is 52.7 Å². The molecule has 1 aromatic carbocycles. The van der Waals surface area contributed by atoms with Crippen LogP contribution in [0.5, 0.6) is 11.5 Å². The van der Waals surface area contributed by atoms with Crippen LogP contribution in [-0.2, 0) is 11.2 Å². The number of methoxy groups -OCH3 is 2. The molecule has 1 saturated heterocycles. The van der Waals surface area contributed by atoms with Gasteiger partial charge in [-0.05, 0) is 44.4 Å². The second kappa shape index (κ2) is 8.45. The van der Waals surface area contributed by atoms with Gasteiger partial charge in [-0.2, -0.15) is 0 Å². The van der Waals surface area contributed by atoms with Crippen LogP contribution in [0, 0.1) is 13.8 Å². The lowest BCUT2D eigenvalue weighted by molar-refractivity contribution is -0.131. The molecule has 31 heavy (non-hydrogen) atoms. The molecule has 1 aliphatic rings. The van der Waals surface area contributed by atoms with Crippen LogP contribution in [0.1, 0.15) is 41.3 Å². The summed E-state index contributed by atoms with van der Waals surface area (Å²) >= 11 is 0. The fraction of sp³-hybridized carbons (Fsp3) is 0.435. The molecule has 1 unspecified atom stereocenters. The van der Waals surface area contributed by atoms with Crippen molar-refractivity contribution in [2.24, 2.45) is 0 Å². The number of aromatic nitrogens is 3. The zero-order chi connectivity index (χ0) is 22.1. The van der Waals surface area contributed by atoms with E-state index >= 15 is 0 Å². The largest absolute Gasteiger partial charge is 0.493 e. The number of hydrogen-bond acceptors (Lipinski definition) is 5. The third kappa shape index (κ3) is 4.02. The standard InChI is InChI=1S/C23H28N4O4/c1-14-15(2)24-21-12-18(25-27(21)23(14)29)17-6-5-9-26(13-17)22(28)11-16-7-8-19(30-3)20(10-16)31-4/h7-8,10,12,17,25H,5-6,9,11,13H2,1-4H3. The molecule has 1 N–H and O–H groups in total. The van der Waals surface area contributed by atoms with Crippen LogP contribution >= 0.6 is 0 Å². The smallest absolute Gasteiger partial charge is 0.275 e. The summed E-state index contributed by atoms with van der Waals surface area (Å²) in [5, 5.41) is 3.21. The molecule has 1 aliphatic heterocycles. The van der Waals surface area contributed by atoms with Crippen molar-refractivity contribution < 1.29 is 14.3 Å². The third-order valence-corrected chi connectivity index (χ3v) is 6.12. The first-order chi connectivity index (χ1) is 14.9. The Hall–Kier alpha value is -3.29. The van der Waals surface area contributed by atoms with Gasteiger partial charge in [0.2, 0.25) is 5.91 Å². The summed E-state index contributed by atoms with van der Waals surface area (Å²) in [6.07, 6.45) is 2.18. The number of nitrogens with zero attached hydrogens (tertiary/aromatic N) is 3. The zero-order valence-electron chi connectivity index (χ0n) is 18.4. The molecule has 3 aromatic rings. The van der Waals surface area contributed by atoms with E-state index in [1.165, 1.54) is 4.52 Å². The van der Waals surface area contributed by atoms with Gasteiger partial charge in [-0.3, -0.25) is 14.7 Å². The second-order valence-electron chi connectivity index (χ2n) is 8.08. The lowest BCUT2D eigenvalue weighted by Crippen LogP contribution is -2.40. The van der Waals surface area contributed by atoms with Crippen LogP contribution in [0.15, 0.2) is 29.1 Å². The molecule has 0 bridgehead atoms. The van der Waals surface area contributed by atoms with Crippen molar-refractivity contribution in [2.75, 3.05) is 27.3 Å². The maximum absolute atomic E-state index is 13.0. The van der Waals surface area contributed by atoms with Gasteiger partial charge in [-0.25, -0.2) is 9.50 Å². The molecule has 1 fully saturated rings. The number of carbonyl (C=O) groups excluding carboxylic acids is 1. The average Bonchev–Trinajstić information content (AvgIpc) is 3.21. The number of aromatic amines is 1. The van der Waals surface area contributed by atoms with E-state index in [0.29, 0.717) is 35.7 Å². The highest BCUT2D eigenvalue weighted by Crippen LogP contribution is 2.29. The molecule has 1 amide bonds. The van der Waals surface area contributed by atoms with Crippen molar-refractivity contribution in [3.05, 3.63) is 57.1 Å². The van der Waals surface area contributed by atoms with Crippen molar-refractivity contribution in [3.63, 3.8) is 0 Å². The number of aryl methyl sites for hydroxylation is 1. The molecule has 0 radical (unpaired) electrons. The Morgan fingerprint density at radius 3 is 2.71 bits per heavy atom. The Morgan fingerprint density at radius 1 is 1.19 bits per heavy atom. The summed E-state index contributed by atoms with van der Waals surface area (Å²) in [5.74, 6) is 1.48. The lowest BCUT2D eigenvalue weighted by Gasteiger charge is -2.32. The zero-order valence-corrected chi connectivity index (χ0v) is 18.4. The van der Waals surface area contributed by atoms with E-state index < -0.39 is 0 Å². The van der Waals surface area contributed by atoms with E-state index in [2.05, 4.69) is 10.1 Å². The van der Waals surface area contributed by atoms with E-state index in [1.807, 2.05) is 36.1 Å². The van der Waals surface area contributed by atoms with Crippen LogP contribution in [0.2, 0.25) is 0 Å². The molecular formula is C23H28N4O4. The number of benzene rings is 1. The predicted octanol–water partition coefficient (Wildman–Crippen LogP) is 2.61. The molecule has 4 rings (SSSR count). The molecular weight excluding hydrogens is 396 g/mol. The topological polar surface area (TPSA) is 88.9 Å². The third-order valence-electron chi connectivity index (χ3n) is 6.12. The number of likely N-dealkylation sites (tertiary alicyclic amines) is 1. The fourth-order valence-electron chi connectivity index (χ4n) is 4.18. The maximum Gasteiger partial charge on any atom is 0.275 e. The molecule has 164 valence electrons. The molecule has 8 nitrogen and oxygen atoms in total. The van der Waals surface area contributed by atoms with Gasteiger partial charge in [0.15, 0.2) is 17.1 Å². The number of fused-ring (bicyclic) bond motifs is 1. The first-order valence-electron chi connectivity index (χ1n) is 10.5. The van der Waals surface area contributed by atoms with Gasteiger partial charge in [0.1, 0.15) is 0 Å². The average molecular weight is 425 g/mol. The van der Waals surface area contributed by atoms with Crippen molar-refractivity contribution in [1.29, 1.82) is 0 Å². The minimum absolute atomic E-state index is 0.0778. The molecule has 8 heteroatoms. The van der Waals surface area contributed by atoms with E-state index in [-0.39, 0.29) is 17.4 Å². The second-order valence-corrected chi connectivity index (χ2v) is 8.08. The van der Waals surface area contributed by atoms with Crippen molar-refractivity contribution in [3.8, 4) is 11.5 Å². The van der Waals surface area contributed by atoms with E-state index in [4.69, 9.17) is 9.47 Å². The fourth-order valence-corrected chi connectivity index (χ4v) is 4.18. The van der Waals surface area contributed by atoms with Crippen LogP contribution in [0.4, 0.5) is 0 Å². The molecule has 0 saturated carbocycles. The molecule has 3 heterocycles. The molecule has 0 spiro atoms. The van der Waals surface area contributed by atoms with Gasteiger partial charge in [0.05, 0.1) is 20.6 Å². The summed E-state index contributed by atoms with van der Waals surface area (Å²) in [7, 11) is 3.18. The summed E-state index contributed by atoms with van der Waals surface area (Å²) in [4.78, 5) is 31.9. The summed E-state index contributed by atoms with van der Waals surface area (Å²) in [6, 6.07) is 7.49. The van der Waals surface area contributed by atoms with Gasteiger partial charge >= 0.3 is 0 Å². The monoisotopic (exact) mass is 424 g/mol. The first-order valence-corrected chi connectivity index (χ1v) is 10.5. The normalized spacial score (nSPS) is 16.5. The van der Waals surface area contributed by atoms with E-state index in [9.17, 15) is 9.59 Å². The number of carbonyl (C=O) groups is 1. The Kier molecular flexibility index (Phi) is 5.71. The van der Waals surface area contributed by atoms with Crippen molar-refractivity contribution >= 4 is 11.6 Å². The van der Waals surface area contributed by atoms with E-state index in [0.717, 1.165) is 36.3 Å². The molecule has 0 aliphatic carbocycles. The summed E-state index contributed by atoms with van der Waals surface area (Å²) in [5.41, 5.74) is 3.75. The number of piperidine rings is 1. The van der Waals surface area contributed by atoms with Gasteiger partial charge in [-0.15, -0.1) is 0 Å². The van der Waals surface area contributed by atoms with Crippen LogP contribution < -0.4 is 15.0 Å². The number of nitrogens with one attached hydrogen (secondary N) is 1. The Balaban J connectivity index is 1.51. The van der Waals surface area contributed by atoms with Gasteiger partial charge < -0.3 is 14.4 Å². The van der Waals surface area contributed by atoms with Gasteiger partial charge in [0.25, 0.3) is 5.56 Å². The quantitative estimate of drug-likeness (QED) is 0.680. The highest BCUT2D eigenvalue weighted by molar-refractivity contribution is 5.79.